The molecule has 0 fully saturated rings. The summed E-state index contributed by atoms with van der Waals surface area (Å²) in [5.41, 5.74) is -1.51. The summed E-state index contributed by atoms with van der Waals surface area (Å²) in [6, 6.07) is 0.420. The van der Waals surface area contributed by atoms with Crippen molar-refractivity contribution in [2.45, 2.75) is 6.36 Å². The summed E-state index contributed by atoms with van der Waals surface area (Å²) in [7, 11) is 0. The minimum Gasteiger partial charge on any atom is -0.501 e. The average Bonchev–Trinajstić information content (AvgIpc) is 2.11. The molecule has 0 aliphatic rings. The Hall–Kier alpha value is -1.58. The standard InChI is InChI=1S/C7H2BrF4NO4/c8-2-1-3(9)6(17-7(10,11)12)4(5(2)14)13(15)16/h1,14H. The van der Waals surface area contributed by atoms with Crippen LogP contribution in [0.1, 0.15) is 0 Å². The molecule has 0 radical (unpaired) electrons. The van der Waals surface area contributed by atoms with Gasteiger partial charge in [0.2, 0.25) is 11.5 Å². The second-order valence-electron chi connectivity index (χ2n) is 2.67. The van der Waals surface area contributed by atoms with Crippen molar-refractivity contribution in [1.82, 2.24) is 0 Å². The fraction of sp³-hybridized carbons (Fsp3) is 0.143. The lowest BCUT2D eigenvalue weighted by Crippen LogP contribution is -2.19. The molecule has 1 aromatic rings. The van der Waals surface area contributed by atoms with Crippen molar-refractivity contribution >= 4 is 21.6 Å². The lowest BCUT2D eigenvalue weighted by atomic mass is 10.2. The first-order valence-electron chi connectivity index (χ1n) is 3.74. The Balaban J connectivity index is 3.47. The first-order valence-corrected chi connectivity index (χ1v) is 4.54. The fourth-order valence-corrected chi connectivity index (χ4v) is 1.35. The van der Waals surface area contributed by atoms with E-state index in [0.717, 1.165) is 0 Å². The van der Waals surface area contributed by atoms with E-state index >= 15 is 0 Å². The molecule has 1 aromatic carbocycles. The van der Waals surface area contributed by atoms with Crippen molar-refractivity contribution < 1.29 is 32.3 Å². The monoisotopic (exact) mass is 319 g/mol. The third kappa shape index (κ3) is 2.96. The number of nitro groups is 1. The van der Waals surface area contributed by atoms with Gasteiger partial charge in [0.25, 0.3) is 0 Å². The largest absolute Gasteiger partial charge is 0.573 e. The van der Waals surface area contributed by atoms with Gasteiger partial charge in [0.15, 0.2) is 5.82 Å². The molecule has 0 bridgehead atoms. The van der Waals surface area contributed by atoms with Crippen LogP contribution in [0.15, 0.2) is 10.5 Å². The normalized spacial score (nSPS) is 11.4. The van der Waals surface area contributed by atoms with Crippen LogP contribution in [-0.2, 0) is 0 Å². The first kappa shape index (κ1) is 13.5. The number of phenolic OH excluding ortho intramolecular Hbond substituents is 1. The summed E-state index contributed by atoms with van der Waals surface area (Å²) in [5, 5.41) is 19.6. The highest BCUT2D eigenvalue weighted by Crippen LogP contribution is 2.44. The number of alkyl halides is 3. The maximum atomic E-state index is 13.1. The van der Waals surface area contributed by atoms with Gasteiger partial charge in [-0.05, 0) is 22.0 Å². The maximum Gasteiger partial charge on any atom is 0.573 e. The van der Waals surface area contributed by atoms with Crippen LogP contribution < -0.4 is 4.74 Å². The third-order valence-electron chi connectivity index (χ3n) is 1.54. The van der Waals surface area contributed by atoms with Crippen molar-refractivity contribution in [3.8, 4) is 11.5 Å². The van der Waals surface area contributed by atoms with Crippen LogP contribution in [0.25, 0.3) is 0 Å². The number of aromatic hydroxyl groups is 1. The second-order valence-corrected chi connectivity index (χ2v) is 3.53. The molecular weight excluding hydrogens is 318 g/mol. The van der Waals surface area contributed by atoms with Gasteiger partial charge in [-0.1, -0.05) is 0 Å². The van der Waals surface area contributed by atoms with E-state index in [9.17, 15) is 27.7 Å². The number of nitrogens with zero attached hydrogens (tertiary/aromatic N) is 1. The average molecular weight is 320 g/mol. The van der Waals surface area contributed by atoms with Crippen LogP contribution in [0.2, 0.25) is 0 Å². The smallest absolute Gasteiger partial charge is 0.501 e. The zero-order chi connectivity index (χ0) is 13.4. The number of halogens is 5. The molecule has 17 heavy (non-hydrogen) atoms. The predicted molar refractivity (Wildman–Crippen MR) is 49.1 cm³/mol. The molecule has 0 aliphatic carbocycles. The minimum absolute atomic E-state index is 0.420. The Bertz CT molecular complexity index is 476. The summed E-state index contributed by atoms with van der Waals surface area (Å²) in [4.78, 5) is 9.06. The van der Waals surface area contributed by atoms with E-state index in [4.69, 9.17) is 5.11 Å². The van der Waals surface area contributed by atoms with E-state index in [0.29, 0.717) is 6.07 Å². The van der Waals surface area contributed by atoms with Crippen molar-refractivity contribution in [1.29, 1.82) is 0 Å². The van der Waals surface area contributed by atoms with Crippen molar-refractivity contribution in [3.05, 3.63) is 26.5 Å². The predicted octanol–water partition coefficient (Wildman–Crippen LogP) is 3.10. The summed E-state index contributed by atoms with van der Waals surface area (Å²) in [5.74, 6) is -4.47. The summed E-state index contributed by atoms with van der Waals surface area (Å²) >= 11 is 2.55. The number of nitro benzene ring substituents is 1. The topological polar surface area (TPSA) is 72.6 Å². The lowest BCUT2D eigenvalue weighted by molar-refractivity contribution is -0.390. The highest BCUT2D eigenvalue weighted by molar-refractivity contribution is 9.10. The molecule has 94 valence electrons. The van der Waals surface area contributed by atoms with Crippen LogP contribution in [0, 0.1) is 15.9 Å². The van der Waals surface area contributed by atoms with E-state index in [-0.39, 0.29) is 0 Å². The molecule has 0 aromatic heterocycles. The number of ether oxygens (including phenoxy) is 1. The Morgan fingerprint density at radius 3 is 2.41 bits per heavy atom. The Kier molecular flexibility index (Phi) is 3.45. The Labute approximate surface area is 98.9 Å². The van der Waals surface area contributed by atoms with Gasteiger partial charge in [0, 0.05) is 0 Å². The van der Waals surface area contributed by atoms with Gasteiger partial charge in [-0.25, -0.2) is 4.39 Å². The van der Waals surface area contributed by atoms with Crippen molar-refractivity contribution in [2.75, 3.05) is 0 Å². The third-order valence-corrected chi connectivity index (χ3v) is 2.14. The highest BCUT2D eigenvalue weighted by atomic mass is 79.9. The van der Waals surface area contributed by atoms with E-state index in [1.807, 2.05) is 0 Å². The van der Waals surface area contributed by atoms with Crippen molar-refractivity contribution in [2.24, 2.45) is 0 Å². The van der Waals surface area contributed by atoms with Crippen LogP contribution in [-0.4, -0.2) is 16.4 Å². The van der Waals surface area contributed by atoms with Gasteiger partial charge in [-0.3, -0.25) is 10.1 Å². The molecule has 0 spiro atoms. The number of rotatable bonds is 2. The SMILES string of the molecule is O=[N+]([O-])c1c(O)c(Br)cc(F)c1OC(F)(F)F. The minimum atomic E-state index is -5.31. The van der Waals surface area contributed by atoms with Crippen LogP contribution in [0.4, 0.5) is 23.2 Å². The van der Waals surface area contributed by atoms with E-state index in [1.165, 1.54) is 0 Å². The van der Waals surface area contributed by atoms with Gasteiger partial charge in [0.1, 0.15) is 0 Å². The van der Waals surface area contributed by atoms with Gasteiger partial charge >= 0.3 is 12.0 Å². The molecule has 0 atom stereocenters. The molecule has 0 heterocycles. The van der Waals surface area contributed by atoms with Gasteiger partial charge in [0.05, 0.1) is 9.40 Å². The van der Waals surface area contributed by atoms with E-state index in [1.54, 1.807) is 0 Å². The molecule has 0 unspecified atom stereocenters. The zero-order valence-electron chi connectivity index (χ0n) is 7.59. The van der Waals surface area contributed by atoms with Crippen LogP contribution in [0.3, 0.4) is 0 Å². The maximum absolute atomic E-state index is 13.1. The second kappa shape index (κ2) is 4.35. The number of hydrogen-bond acceptors (Lipinski definition) is 4. The molecule has 0 saturated heterocycles. The Morgan fingerprint density at radius 1 is 1.47 bits per heavy atom. The van der Waals surface area contributed by atoms with E-state index < -0.39 is 38.8 Å². The van der Waals surface area contributed by atoms with Crippen LogP contribution in [0.5, 0.6) is 11.5 Å². The summed E-state index contributed by atoms with van der Waals surface area (Å²) < 4.78 is 51.5. The van der Waals surface area contributed by atoms with Gasteiger partial charge < -0.3 is 9.84 Å². The molecule has 0 saturated carbocycles. The van der Waals surface area contributed by atoms with Gasteiger partial charge in [-0.15, -0.1) is 13.2 Å². The van der Waals surface area contributed by atoms with E-state index in [2.05, 4.69) is 20.7 Å². The quantitative estimate of drug-likeness (QED) is 0.516. The van der Waals surface area contributed by atoms with Gasteiger partial charge in [-0.2, -0.15) is 0 Å². The number of hydrogen-bond donors (Lipinski definition) is 1. The number of phenols is 1. The fourth-order valence-electron chi connectivity index (χ4n) is 0.961. The Morgan fingerprint density at radius 2 is 2.00 bits per heavy atom. The molecule has 10 heteroatoms. The zero-order valence-corrected chi connectivity index (χ0v) is 9.17. The molecule has 0 aliphatic heterocycles. The molecule has 1 rings (SSSR count). The van der Waals surface area contributed by atoms with Crippen LogP contribution >= 0.6 is 15.9 Å². The molecule has 0 amide bonds. The molecule has 5 nitrogen and oxygen atoms in total. The molecule has 1 N–H and O–H groups in total. The first-order chi connectivity index (χ1) is 7.63. The lowest BCUT2D eigenvalue weighted by Gasteiger charge is -2.11. The highest BCUT2D eigenvalue weighted by Gasteiger charge is 2.38. The summed E-state index contributed by atoms with van der Waals surface area (Å²) in [6.45, 7) is 0. The van der Waals surface area contributed by atoms with Crippen molar-refractivity contribution in [3.63, 3.8) is 0 Å². The number of benzene rings is 1. The molecular formula is C7H2BrF4NO4. The summed E-state index contributed by atoms with van der Waals surface area (Å²) in [6.07, 6.45) is -5.31.